The third kappa shape index (κ3) is 4.51. The lowest BCUT2D eigenvalue weighted by Crippen LogP contribution is -2.28. The van der Waals surface area contributed by atoms with Crippen LogP contribution in [0.3, 0.4) is 0 Å². The highest BCUT2D eigenvalue weighted by molar-refractivity contribution is 7.98. The lowest BCUT2D eigenvalue weighted by Gasteiger charge is -2.19. The number of aromatic nitrogens is 2. The Kier molecular flexibility index (Phi) is 6.30. The smallest absolute Gasteiger partial charge is 0.387 e. The Morgan fingerprint density at radius 3 is 2.46 bits per heavy atom. The summed E-state index contributed by atoms with van der Waals surface area (Å²) in [6.07, 6.45) is 3.47. The van der Waals surface area contributed by atoms with Crippen LogP contribution in [0.5, 0.6) is 5.75 Å². The van der Waals surface area contributed by atoms with E-state index >= 15 is 0 Å². The van der Waals surface area contributed by atoms with Crippen molar-refractivity contribution >= 4 is 17.7 Å². The number of nitrogens with zero attached hydrogens (tertiary/aromatic N) is 3. The van der Waals surface area contributed by atoms with Crippen molar-refractivity contribution in [2.75, 3.05) is 13.3 Å². The first-order valence-electron chi connectivity index (χ1n) is 8.46. The molecule has 0 aliphatic carbocycles. The maximum Gasteiger partial charge on any atom is 0.387 e. The third-order valence-corrected chi connectivity index (χ3v) is 4.71. The number of para-hydroxylation sites is 1. The summed E-state index contributed by atoms with van der Waals surface area (Å²) in [4.78, 5) is 18.9. The zero-order chi connectivity index (χ0) is 20.1. The van der Waals surface area contributed by atoms with Gasteiger partial charge in [-0.2, -0.15) is 8.78 Å². The second kappa shape index (κ2) is 8.88. The molecule has 28 heavy (non-hydrogen) atoms. The molecule has 0 unspecified atom stereocenters. The van der Waals surface area contributed by atoms with Crippen LogP contribution in [0.2, 0.25) is 0 Å². The van der Waals surface area contributed by atoms with Gasteiger partial charge in [-0.3, -0.25) is 9.36 Å². The number of rotatable bonds is 7. The summed E-state index contributed by atoms with van der Waals surface area (Å²) < 4.78 is 30.7. The Bertz CT molecular complexity index is 930. The van der Waals surface area contributed by atoms with Crippen LogP contribution in [0.15, 0.2) is 66.0 Å². The molecule has 1 heterocycles. The van der Waals surface area contributed by atoms with Crippen LogP contribution in [0.25, 0.3) is 5.69 Å². The van der Waals surface area contributed by atoms with Gasteiger partial charge in [0.05, 0.1) is 6.20 Å². The van der Waals surface area contributed by atoms with Crippen molar-refractivity contribution in [3.8, 4) is 11.4 Å². The van der Waals surface area contributed by atoms with Crippen LogP contribution in [0.4, 0.5) is 8.78 Å². The summed E-state index contributed by atoms with van der Waals surface area (Å²) in [7, 11) is 1.69. The molecule has 3 rings (SSSR count). The van der Waals surface area contributed by atoms with Gasteiger partial charge < -0.3 is 9.64 Å². The van der Waals surface area contributed by atoms with Gasteiger partial charge in [0, 0.05) is 19.3 Å². The molecule has 0 bridgehead atoms. The number of alkyl halides is 2. The average molecular weight is 403 g/mol. The molecule has 0 radical (unpaired) electrons. The predicted octanol–water partition coefficient (Wildman–Crippen LogP) is 4.47. The summed E-state index contributed by atoms with van der Waals surface area (Å²) in [5.41, 5.74) is 2.11. The number of halogens is 2. The van der Waals surface area contributed by atoms with Gasteiger partial charge >= 0.3 is 6.61 Å². The van der Waals surface area contributed by atoms with E-state index in [2.05, 4.69) is 9.72 Å². The highest BCUT2D eigenvalue weighted by Crippen LogP contribution is 2.23. The van der Waals surface area contributed by atoms with Crippen LogP contribution in [-0.4, -0.2) is 40.3 Å². The zero-order valence-corrected chi connectivity index (χ0v) is 16.2. The minimum atomic E-state index is -2.86. The number of thioether (sulfide) groups is 1. The quantitative estimate of drug-likeness (QED) is 0.546. The molecule has 0 atom stereocenters. The molecule has 0 N–H and O–H groups in total. The average Bonchev–Trinajstić information content (AvgIpc) is 3.13. The van der Waals surface area contributed by atoms with Gasteiger partial charge in [0.25, 0.3) is 5.91 Å². The third-order valence-electron chi connectivity index (χ3n) is 4.06. The maximum atomic E-state index is 13.0. The van der Waals surface area contributed by atoms with Gasteiger partial charge in [0.2, 0.25) is 0 Å². The van der Waals surface area contributed by atoms with Crippen molar-refractivity contribution in [2.45, 2.75) is 18.3 Å². The van der Waals surface area contributed by atoms with Crippen molar-refractivity contribution < 1.29 is 18.3 Å². The standard InChI is InChI=1S/C20H19F2N3O2S/c1-24(13-14-8-10-16(11-9-14)27-19(21)22)18(26)17-12-23-20(28-2)25(17)15-6-4-3-5-7-15/h3-12,19H,13H2,1-2H3. The molecular weight excluding hydrogens is 384 g/mol. The fourth-order valence-electron chi connectivity index (χ4n) is 2.77. The van der Waals surface area contributed by atoms with E-state index in [4.69, 9.17) is 0 Å². The van der Waals surface area contributed by atoms with Gasteiger partial charge in [0.15, 0.2) is 5.16 Å². The monoisotopic (exact) mass is 403 g/mol. The Labute approximate surface area is 165 Å². The molecule has 2 aromatic carbocycles. The molecule has 8 heteroatoms. The first-order chi connectivity index (χ1) is 13.5. The molecule has 0 saturated heterocycles. The maximum absolute atomic E-state index is 13.0. The molecule has 0 aliphatic heterocycles. The molecule has 0 spiro atoms. The number of hydrogen-bond acceptors (Lipinski definition) is 4. The van der Waals surface area contributed by atoms with E-state index in [1.807, 2.05) is 41.2 Å². The van der Waals surface area contributed by atoms with E-state index in [-0.39, 0.29) is 11.7 Å². The van der Waals surface area contributed by atoms with Crippen molar-refractivity contribution in [1.29, 1.82) is 0 Å². The van der Waals surface area contributed by atoms with Crippen molar-refractivity contribution in [2.24, 2.45) is 0 Å². The lowest BCUT2D eigenvalue weighted by molar-refractivity contribution is -0.0498. The van der Waals surface area contributed by atoms with Crippen LogP contribution in [0, 0.1) is 0 Å². The molecule has 0 aliphatic rings. The first kappa shape index (κ1) is 19.9. The van der Waals surface area contributed by atoms with E-state index in [1.165, 1.54) is 23.9 Å². The molecular formula is C20H19F2N3O2S. The van der Waals surface area contributed by atoms with Crippen molar-refractivity contribution in [3.63, 3.8) is 0 Å². The summed E-state index contributed by atoms with van der Waals surface area (Å²) in [5, 5.41) is 0.719. The second-order valence-electron chi connectivity index (χ2n) is 5.98. The van der Waals surface area contributed by atoms with Gasteiger partial charge in [0.1, 0.15) is 11.4 Å². The Hall–Kier alpha value is -2.87. The van der Waals surface area contributed by atoms with Gasteiger partial charge in [-0.1, -0.05) is 42.1 Å². The molecule has 0 fully saturated rings. The fraction of sp³-hybridized carbons (Fsp3) is 0.200. The molecule has 0 saturated carbocycles. The number of ether oxygens (including phenoxy) is 1. The Morgan fingerprint density at radius 1 is 1.18 bits per heavy atom. The normalized spacial score (nSPS) is 10.9. The molecule has 146 valence electrons. The molecule has 5 nitrogen and oxygen atoms in total. The number of carbonyl (C=O) groups is 1. The van der Waals surface area contributed by atoms with Crippen LogP contribution < -0.4 is 4.74 Å². The Morgan fingerprint density at radius 2 is 1.86 bits per heavy atom. The number of carbonyl (C=O) groups excluding carboxylic acids is 1. The number of amides is 1. The molecule has 3 aromatic rings. The minimum absolute atomic E-state index is 0.0829. The number of benzene rings is 2. The first-order valence-corrected chi connectivity index (χ1v) is 9.68. The topological polar surface area (TPSA) is 47.4 Å². The fourth-order valence-corrected chi connectivity index (χ4v) is 3.32. The van der Waals surface area contributed by atoms with E-state index in [9.17, 15) is 13.6 Å². The summed E-state index contributed by atoms with van der Waals surface area (Å²) in [6.45, 7) is -2.54. The lowest BCUT2D eigenvalue weighted by atomic mass is 10.2. The second-order valence-corrected chi connectivity index (χ2v) is 6.76. The van der Waals surface area contributed by atoms with E-state index in [1.54, 1.807) is 30.3 Å². The van der Waals surface area contributed by atoms with Gasteiger partial charge in [-0.05, 0) is 36.1 Å². The van der Waals surface area contributed by atoms with Gasteiger partial charge in [-0.15, -0.1) is 0 Å². The van der Waals surface area contributed by atoms with Crippen LogP contribution in [0.1, 0.15) is 16.1 Å². The summed E-state index contributed by atoms with van der Waals surface area (Å²) in [5.74, 6) is -0.107. The summed E-state index contributed by atoms with van der Waals surface area (Å²) in [6, 6.07) is 15.8. The number of imidazole rings is 1. The molecule has 1 aromatic heterocycles. The van der Waals surface area contributed by atoms with E-state index in [0.29, 0.717) is 12.2 Å². The van der Waals surface area contributed by atoms with Gasteiger partial charge in [-0.25, -0.2) is 4.98 Å². The SMILES string of the molecule is CSc1ncc(C(=O)N(C)Cc2ccc(OC(F)F)cc2)n1-c1ccccc1. The van der Waals surface area contributed by atoms with Crippen molar-refractivity contribution in [1.82, 2.24) is 14.5 Å². The van der Waals surface area contributed by atoms with Crippen molar-refractivity contribution in [3.05, 3.63) is 72.1 Å². The summed E-state index contributed by atoms with van der Waals surface area (Å²) >= 11 is 1.46. The minimum Gasteiger partial charge on any atom is -0.435 e. The Balaban J connectivity index is 1.79. The van der Waals surface area contributed by atoms with E-state index < -0.39 is 6.61 Å². The highest BCUT2D eigenvalue weighted by atomic mass is 32.2. The number of hydrogen-bond donors (Lipinski definition) is 0. The largest absolute Gasteiger partial charge is 0.435 e. The zero-order valence-electron chi connectivity index (χ0n) is 15.4. The van der Waals surface area contributed by atoms with Crippen LogP contribution in [-0.2, 0) is 6.54 Å². The van der Waals surface area contributed by atoms with Crippen LogP contribution >= 0.6 is 11.8 Å². The van der Waals surface area contributed by atoms with E-state index in [0.717, 1.165) is 16.4 Å². The molecule has 1 amide bonds. The highest BCUT2D eigenvalue weighted by Gasteiger charge is 2.21. The predicted molar refractivity (Wildman–Crippen MR) is 104 cm³/mol.